The Hall–Kier alpha value is -0.440. The lowest BCUT2D eigenvalue weighted by Crippen LogP contribution is -2.57. The molecule has 0 aromatic heterocycles. The molecular formula is C4H11NO13S4. The monoisotopic (exact) mass is 409 g/mol. The summed E-state index contributed by atoms with van der Waals surface area (Å²) in [4.78, 5) is -0.755. The Kier molecular flexibility index (Phi) is 6.45. The summed E-state index contributed by atoms with van der Waals surface area (Å²) in [6.07, 6.45) is 0. The molecule has 5 N–H and O–H groups in total. The number of rotatable bonds is 8. The molecule has 22 heavy (non-hydrogen) atoms. The molecule has 0 unspecified atom stereocenters. The van der Waals surface area contributed by atoms with Crippen LogP contribution < -0.4 is 0 Å². The minimum absolute atomic E-state index is 0.755. The minimum atomic E-state index is -5.88. The summed E-state index contributed by atoms with van der Waals surface area (Å²) in [5.74, 6) is 0. The second-order valence-corrected chi connectivity index (χ2v) is 10.1. The van der Waals surface area contributed by atoms with E-state index in [0.29, 0.717) is 0 Å². The fourth-order valence-electron chi connectivity index (χ4n) is 1.42. The smallest absolute Gasteiger partial charge is 0.298 e. The van der Waals surface area contributed by atoms with Crippen LogP contribution in [-0.4, -0.2) is 84.5 Å². The van der Waals surface area contributed by atoms with Gasteiger partial charge < -0.3 is 5.11 Å². The minimum Gasteiger partial charge on any atom is -0.395 e. The van der Waals surface area contributed by atoms with E-state index in [4.69, 9.17) is 23.3 Å². The summed E-state index contributed by atoms with van der Waals surface area (Å²) in [6.45, 7) is -2.71. The highest BCUT2D eigenvalue weighted by molar-refractivity contribution is 8.05. The molecule has 0 aromatic rings. The number of hydrogen-bond acceptors (Lipinski definition) is 10. The van der Waals surface area contributed by atoms with E-state index in [1.807, 2.05) is 0 Å². The molecule has 0 heterocycles. The molecule has 0 amide bonds. The Labute approximate surface area is 125 Å². The van der Waals surface area contributed by atoms with Crippen LogP contribution in [0, 0.1) is 0 Å². The summed E-state index contributed by atoms with van der Waals surface area (Å²) in [7, 11) is -23.5. The van der Waals surface area contributed by atoms with Crippen LogP contribution >= 0.6 is 0 Å². The van der Waals surface area contributed by atoms with Crippen molar-refractivity contribution in [3.05, 3.63) is 0 Å². The van der Waals surface area contributed by atoms with Gasteiger partial charge >= 0.3 is 0 Å². The highest BCUT2D eigenvalue weighted by atomic mass is 32.3. The largest absolute Gasteiger partial charge is 0.395 e. The van der Waals surface area contributed by atoms with Crippen LogP contribution in [0.4, 0.5) is 0 Å². The molecule has 0 rings (SSSR count). The van der Waals surface area contributed by atoms with Gasteiger partial charge in [0.25, 0.3) is 49.9 Å². The number of aliphatic hydroxyl groups is 1. The molecule has 0 spiro atoms. The van der Waals surface area contributed by atoms with Crippen molar-refractivity contribution in [3.8, 4) is 0 Å². The van der Waals surface area contributed by atoms with E-state index in [2.05, 4.69) is 0 Å². The van der Waals surface area contributed by atoms with E-state index in [0.717, 1.165) is 0 Å². The number of hydrogen-bond donors (Lipinski definition) is 5. The van der Waals surface area contributed by atoms with Crippen molar-refractivity contribution in [3.63, 3.8) is 0 Å². The van der Waals surface area contributed by atoms with Crippen molar-refractivity contribution in [2.45, 2.75) is 9.41 Å². The Morgan fingerprint density at radius 2 is 0.864 bits per heavy atom. The summed E-state index contributed by atoms with van der Waals surface area (Å²) in [6, 6.07) is 0. The third-order valence-electron chi connectivity index (χ3n) is 1.92. The van der Waals surface area contributed by atoms with Crippen molar-refractivity contribution < 1.29 is 57.0 Å². The molecule has 0 radical (unpaired) electrons. The van der Waals surface area contributed by atoms with Crippen LogP contribution in [0.25, 0.3) is 0 Å². The van der Waals surface area contributed by atoms with Gasteiger partial charge in [-0.1, -0.05) is 0 Å². The SMILES string of the molecule is O=S(=O)(O)C(N(CCO)C(S(=O)(=O)O)S(=O)(=O)O)S(=O)(=O)O. The van der Waals surface area contributed by atoms with Crippen LogP contribution in [0.5, 0.6) is 0 Å². The van der Waals surface area contributed by atoms with Crippen molar-refractivity contribution in [2.75, 3.05) is 13.2 Å². The fraction of sp³-hybridized carbons (Fsp3) is 1.00. The first-order valence-corrected chi connectivity index (χ1v) is 10.7. The molecule has 0 bridgehead atoms. The van der Waals surface area contributed by atoms with Crippen molar-refractivity contribution >= 4 is 40.5 Å². The van der Waals surface area contributed by atoms with Crippen LogP contribution in [0.2, 0.25) is 0 Å². The molecule has 0 fully saturated rings. The molecule has 0 aliphatic heterocycles. The normalized spacial score (nSPS) is 14.9. The van der Waals surface area contributed by atoms with Gasteiger partial charge in [-0.25, -0.2) is 4.90 Å². The Bertz CT molecular complexity index is 671. The van der Waals surface area contributed by atoms with Gasteiger partial charge in [0.2, 0.25) is 0 Å². The Morgan fingerprint density at radius 1 is 0.636 bits per heavy atom. The lowest BCUT2D eigenvalue weighted by Gasteiger charge is -2.30. The van der Waals surface area contributed by atoms with Gasteiger partial charge in [0, 0.05) is 6.54 Å². The van der Waals surface area contributed by atoms with Gasteiger partial charge in [-0.2, -0.15) is 33.7 Å². The topological polar surface area (TPSA) is 241 Å². The molecule has 0 aliphatic carbocycles. The second-order valence-electron chi connectivity index (χ2n) is 3.64. The first-order valence-electron chi connectivity index (χ1n) is 4.66. The van der Waals surface area contributed by atoms with E-state index in [1.54, 1.807) is 0 Å². The zero-order chi connectivity index (χ0) is 18.1. The van der Waals surface area contributed by atoms with Crippen molar-refractivity contribution in [2.24, 2.45) is 0 Å². The van der Waals surface area contributed by atoms with E-state index in [1.165, 1.54) is 0 Å². The second kappa shape index (κ2) is 6.59. The average Bonchev–Trinajstić information content (AvgIpc) is 2.06. The number of nitrogens with zero attached hydrogens (tertiary/aromatic N) is 1. The molecule has 0 atom stereocenters. The van der Waals surface area contributed by atoms with E-state index in [-0.39, 0.29) is 0 Å². The van der Waals surface area contributed by atoms with Crippen molar-refractivity contribution in [1.29, 1.82) is 0 Å². The van der Waals surface area contributed by atoms with E-state index >= 15 is 0 Å². The van der Waals surface area contributed by atoms with Crippen LogP contribution in [0.1, 0.15) is 0 Å². The summed E-state index contributed by atoms with van der Waals surface area (Å²) in [5.41, 5.74) is 0. The lowest BCUT2D eigenvalue weighted by atomic mass is 10.6. The zero-order valence-electron chi connectivity index (χ0n) is 10.2. The van der Waals surface area contributed by atoms with E-state index < -0.39 is 67.9 Å². The predicted molar refractivity (Wildman–Crippen MR) is 67.6 cm³/mol. The molecular weight excluding hydrogens is 398 g/mol. The highest BCUT2D eigenvalue weighted by Crippen LogP contribution is 2.22. The molecule has 0 saturated carbocycles. The third-order valence-corrected chi connectivity index (χ3v) is 7.96. The maximum absolute atomic E-state index is 11.0. The summed E-state index contributed by atoms with van der Waals surface area (Å²) < 4.78 is 116. The maximum Gasteiger partial charge on any atom is 0.298 e. The zero-order valence-corrected chi connectivity index (χ0v) is 13.4. The van der Waals surface area contributed by atoms with Crippen molar-refractivity contribution in [1.82, 2.24) is 4.90 Å². The van der Waals surface area contributed by atoms with Gasteiger partial charge in [0.05, 0.1) is 6.61 Å². The Morgan fingerprint density at radius 3 is 1.00 bits per heavy atom. The quantitative estimate of drug-likeness (QED) is 0.243. The standard InChI is InChI=1S/C4H11NO13S4/c6-2-1-5(3(19(7,8)9)20(10,11)12)4(21(13,14)15)22(16,17)18/h3-4,6H,1-2H2,(H,7,8,9)(H,10,11,12)(H,13,14,15)(H,16,17,18). The molecule has 134 valence electrons. The third kappa shape index (κ3) is 5.64. The van der Waals surface area contributed by atoms with Crippen LogP contribution in [0.15, 0.2) is 0 Å². The average molecular weight is 409 g/mol. The summed E-state index contributed by atoms with van der Waals surface area (Å²) >= 11 is 0. The predicted octanol–water partition coefficient (Wildman–Crippen LogP) is -3.60. The van der Waals surface area contributed by atoms with Gasteiger partial charge in [0.15, 0.2) is 0 Å². The number of aliphatic hydroxyl groups excluding tert-OH is 1. The molecule has 18 heteroatoms. The summed E-state index contributed by atoms with van der Waals surface area (Å²) in [5, 5.41) is 8.65. The first kappa shape index (κ1) is 21.6. The highest BCUT2D eigenvalue weighted by Gasteiger charge is 2.52. The first-order chi connectivity index (χ1) is 9.44. The Balaban J connectivity index is 6.66. The van der Waals surface area contributed by atoms with Gasteiger partial charge in [-0.3, -0.25) is 18.2 Å². The van der Waals surface area contributed by atoms with Gasteiger partial charge in [-0.05, 0) is 0 Å². The molecule has 0 aromatic carbocycles. The van der Waals surface area contributed by atoms with Crippen LogP contribution in [0.3, 0.4) is 0 Å². The molecule has 14 nitrogen and oxygen atoms in total. The molecule has 0 aliphatic rings. The van der Waals surface area contributed by atoms with Crippen LogP contribution in [-0.2, 0) is 40.5 Å². The molecule has 0 saturated heterocycles. The van der Waals surface area contributed by atoms with E-state index in [9.17, 15) is 33.7 Å². The maximum atomic E-state index is 11.0. The lowest BCUT2D eigenvalue weighted by molar-refractivity contribution is 0.197. The fourth-order valence-corrected chi connectivity index (χ4v) is 6.46. The van der Waals surface area contributed by atoms with Gasteiger partial charge in [-0.15, -0.1) is 0 Å². The van der Waals surface area contributed by atoms with Gasteiger partial charge in [0.1, 0.15) is 0 Å².